The van der Waals surface area contributed by atoms with Crippen molar-refractivity contribution in [2.24, 2.45) is 0 Å². The molecule has 1 aliphatic rings. The van der Waals surface area contributed by atoms with E-state index in [0.717, 1.165) is 18.7 Å². The molecule has 0 amide bonds. The molecular formula is C19H24N2. The van der Waals surface area contributed by atoms with E-state index in [4.69, 9.17) is 0 Å². The molecule has 2 nitrogen and oxygen atoms in total. The number of nitrogens with zero attached hydrogens (tertiary/aromatic N) is 1. The number of nitrogens with one attached hydrogen (secondary N) is 1. The second-order valence-corrected chi connectivity index (χ2v) is 6.03. The lowest BCUT2D eigenvalue weighted by Crippen LogP contribution is -2.24. The Morgan fingerprint density at radius 3 is 2.81 bits per heavy atom. The smallest absolute Gasteiger partial charge is 0.0579 e. The zero-order chi connectivity index (χ0) is 14.7. The van der Waals surface area contributed by atoms with Gasteiger partial charge in [0, 0.05) is 6.20 Å². The largest absolute Gasteiger partial charge is 0.309 e. The van der Waals surface area contributed by atoms with Crippen molar-refractivity contribution >= 4 is 0 Å². The van der Waals surface area contributed by atoms with Gasteiger partial charge in [0.15, 0.2) is 0 Å². The summed E-state index contributed by atoms with van der Waals surface area (Å²) in [6.45, 7) is 5.25. The third kappa shape index (κ3) is 3.33. The summed E-state index contributed by atoms with van der Waals surface area (Å²) in [5.74, 6) is 0. The van der Waals surface area contributed by atoms with E-state index in [0.29, 0.717) is 6.04 Å². The van der Waals surface area contributed by atoms with E-state index in [9.17, 15) is 0 Å². The number of pyridine rings is 1. The first kappa shape index (κ1) is 14.3. The number of benzene rings is 1. The van der Waals surface area contributed by atoms with Gasteiger partial charge in [-0.3, -0.25) is 4.98 Å². The van der Waals surface area contributed by atoms with Crippen molar-refractivity contribution in [1.82, 2.24) is 10.3 Å². The van der Waals surface area contributed by atoms with Crippen LogP contribution in [0.15, 0.2) is 36.5 Å². The molecule has 1 N–H and O–H groups in total. The summed E-state index contributed by atoms with van der Waals surface area (Å²) in [7, 11) is 0. The van der Waals surface area contributed by atoms with Crippen molar-refractivity contribution in [2.45, 2.75) is 45.6 Å². The minimum Gasteiger partial charge on any atom is -0.309 e. The Balaban J connectivity index is 1.82. The summed E-state index contributed by atoms with van der Waals surface area (Å²) >= 11 is 0. The van der Waals surface area contributed by atoms with Gasteiger partial charge in [0.05, 0.1) is 11.7 Å². The standard InChI is InChI=1S/C19H24N2/c1-3-20-19(18-11-14(2)9-10-21-18)13-15-7-8-16-5-4-6-17(16)12-15/h7-12,19-20H,3-6,13H2,1-2H3. The van der Waals surface area contributed by atoms with Crippen molar-refractivity contribution in [1.29, 1.82) is 0 Å². The molecular weight excluding hydrogens is 256 g/mol. The van der Waals surface area contributed by atoms with Crippen LogP contribution in [0.2, 0.25) is 0 Å². The molecule has 0 bridgehead atoms. The van der Waals surface area contributed by atoms with Crippen LogP contribution in [0, 0.1) is 6.92 Å². The number of aromatic nitrogens is 1. The number of rotatable bonds is 5. The van der Waals surface area contributed by atoms with Crippen LogP contribution in [0.5, 0.6) is 0 Å². The fourth-order valence-electron chi connectivity index (χ4n) is 3.27. The van der Waals surface area contributed by atoms with E-state index in [1.54, 1.807) is 11.1 Å². The summed E-state index contributed by atoms with van der Waals surface area (Å²) in [6.07, 6.45) is 6.74. The van der Waals surface area contributed by atoms with Gasteiger partial charge in [-0.1, -0.05) is 25.1 Å². The van der Waals surface area contributed by atoms with Crippen LogP contribution in [-0.4, -0.2) is 11.5 Å². The second-order valence-electron chi connectivity index (χ2n) is 6.03. The Morgan fingerprint density at radius 1 is 1.14 bits per heavy atom. The maximum absolute atomic E-state index is 4.56. The fourth-order valence-corrected chi connectivity index (χ4v) is 3.27. The molecule has 1 atom stereocenters. The van der Waals surface area contributed by atoms with Crippen LogP contribution in [0.1, 0.15) is 47.3 Å². The first-order valence-corrected chi connectivity index (χ1v) is 8.03. The third-order valence-electron chi connectivity index (χ3n) is 4.35. The van der Waals surface area contributed by atoms with Crippen LogP contribution < -0.4 is 5.32 Å². The van der Waals surface area contributed by atoms with E-state index >= 15 is 0 Å². The predicted molar refractivity (Wildman–Crippen MR) is 87.6 cm³/mol. The minimum absolute atomic E-state index is 0.300. The molecule has 1 unspecified atom stereocenters. The molecule has 2 aromatic rings. The topological polar surface area (TPSA) is 24.9 Å². The molecule has 0 fully saturated rings. The molecule has 1 aliphatic carbocycles. The molecule has 0 saturated heterocycles. The lowest BCUT2D eigenvalue weighted by Gasteiger charge is -2.18. The van der Waals surface area contributed by atoms with Gasteiger partial charge >= 0.3 is 0 Å². The molecule has 1 aromatic carbocycles. The van der Waals surface area contributed by atoms with Crippen LogP contribution >= 0.6 is 0 Å². The molecule has 3 rings (SSSR count). The number of aryl methyl sites for hydroxylation is 3. The van der Waals surface area contributed by atoms with Gasteiger partial charge < -0.3 is 5.32 Å². The quantitative estimate of drug-likeness (QED) is 0.901. The summed E-state index contributed by atoms with van der Waals surface area (Å²) < 4.78 is 0. The summed E-state index contributed by atoms with van der Waals surface area (Å²) in [5.41, 5.74) is 6.95. The monoisotopic (exact) mass is 280 g/mol. The summed E-state index contributed by atoms with van der Waals surface area (Å²) in [6, 6.07) is 11.6. The lowest BCUT2D eigenvalue weighted by molar-refractivity contribution is 0.536. The van der Waals surface area contributed by atoms with E-state index in [1.807, 2.05) is 6.20 Å². The van der Waals surface area contributed by atoms with Gasteiger partial charge in [-0.15, -0.1) is 0 Å². The maximum Gasteiger partial charge on any atom is 0.0579 e. The van der Waals surface area contributed by atoms with Crippen molar-refractivity contribution in [3.05, 3.63) is 64.5 Å². The highest BCUT2D eigenvalue weighted by Crippen LogP contribution is 2.25. The highest BCUT2D eigenvalue weighted by Gasteiger charge is 2.15. The van der Waals surface area contributed by atoms with Crippen molar-refractivity contribution < 1.29 is 0 Å². The number of fused-ring (bicyclic) bond motifs is 1. The van der Waals surface area contributed by atoms with Crippen LogP contribution in [-0.2, 0) is 19.3 Å². The highest BCUT2D eigenvalue weighted by molar-refractivity contribution is 5.36. The zero-order valence-electron chi connectivity index (χ0n) is 13.0. The Kier molecular flexibility index (Phi) is 4.35. The van der Waals surface area contributed by atoms with Gasteiger partial charge in [-0.2, -0.15) is 0 Å². The summed E-state index contributed by atoms with van der Waals surface area (Å²) in [4.78, 5) is 4.56. The molecule has 0 aliphatic heterocycles. The molecule has 0 spiro atoms. The lowest BCUT2D eigenvalue weighted by atomic mass is 9.98. The zero-order valence-corrected chi connectivity index (χ0v) is 13.0. The fraction of sp³-hybridized carbons (Fsp3) is 0.421. The summed E-state index contributed by atoms with van der Waals surface area (Å²) in [5, 5.41) is 3.58. The first-order chi connectivity index (χ1) is 10.3. The van der Waals surface area contributed by atoms with Gasteiger partial charge in [0.1, 0.15) is 0 Å². The molecule has 110 valence electrons. The number of likely N-dealkylation sites (N-methyl/N-ethyl adjacent to an activating group) is 1. The maximum atomic E-state index is 4.56. The van der Waals surface area contributed by atoms with Crippen molar-refractivity contribution in [2.75, 3.05) is 6.54 Å². The van der Waals surface area contributed by atoms with E-state index in [2.05, 4.69) is 54.5 Å². The Morgan fingerprint density at radius 2 is 2.00 bits per heavy atom. The third-order valence-corrected chi connectivity index (χ3v) is 4.35. The number of hydrogen-bond acceptors (Lipinski definition) is 2. The predicted octanol–water partition coefficient (Wildman–Crippen LogP) is 3.77. The van der Waals surface area contributed by atoms with E-state index in [-0.39, 0.29) is 0 Å². The van der Waals surface area contributed by atoms with E-state index in [1.165, 1.54) is 30.4 Å². The molecule has 21 heavy (non-hydrogen) atoms. The Hall–Kier alpha value is -1.67. The Labute approximate surface area is 127 Å². The van der Waals surface area contributed by atoms with Crippen molar-refractivity contribution in [3.63, 3.8) is 0 Å². The normalized spacial score (nSPS) is 15.0. The molecule has 1 aromatic heterocycles. The molecule has 2 heteroatoms. The minimum atomic E-state index is 0.300. The second kappa shape index (κ2) is 6.40. The average molecular weight is 280 g/mol. The number of hydrogen-bond donors (Lipinski definition) is 1. The van der Waals surface area contributed by atoms with Crippen molar-refractivity contribution in [3.8, 4) is 0 Å². The van der Waals surface area contributed by atoms with Gasteiger partial charge in [-0.25, -0.2) is 0 Å². The van der Waals surface area contributed by atoms with Crippen LogP contribution in [0.4, 0.5) is 0 Å². The molecule has 1 heterocycles. The van der Waals surface area contributed by atoms with Gasteiger partial charge in [0.25, 0.3) is 0 Å². The molecule has 0 radical (unpaired) electrons. The molecule has 0 saturated carbocycles. The highest BCUT2D eigenvalue weighted by atomic mass is 14.9. The van der Waals surface area contributed by atoms with Crippen LogP contribution in [0.25, 0.3) is 0 Å². The Bertz CT molecular complexity index is 619. The SMILES string of the molecule is CCNC(Cc1ccc2c(c1)CCC2)c1cc(C)ccn1. The van der Waals surface area contributed by atoms with Gasteiger partial charge in [-0.05, 0) is 73.5 Å². The average Bonchev–Trinajstić information content (AvgIpc) is 2.94. The van der Waals surface area contributed by atoms with Gasteiger partial charge in [0.2, 0.25) is 0 Å². The van der Waals surface area contributed by atoms with E-state index < -0.39 is 0 Å². The van der Waals surface area contributed by atoms with Crippen LogP contribution in [0.3, 0.4) is 0 Å². The first-order valence-electron chi connectivity index (χ1n) is 8.03.